The maximum Gasteiger partial charge on any atom is 0.150 e. The van der Waals surface area contributed by atoms with E-state index in [-0.39, 0.29) is 12.3 Å². The monoisotopic (exact) mass is 257 g/mol. The van der Waals surface area contributed by atoms with Crippen molar-refractivity contribution in [3.8, 4) is 5.75 Å². The summed E-state index contributed by atoms with van der Waals surface area (Å²) in [4.78, 5) is 11.1. The first-order chi connectivity index (χ1) is 6.67. The number of ketones is 1. The molecule has 0 atom stereocenters. The van der Waals surface area contributed by atoms with Gasteiger partial charge in [0.05, 0.1) is 18.1 Å². The average Bonchev–Trinajstić information content (AvgIpc) is 2.18. The van der Waals surface area contributed by atoms with Crippen molar-refractivity contribution in [2.24, 2.45) is 5.73 Å². The van der Waals surface area contributed by atoms with Crippen molar-refractivity contribution < 1.29 is 9.53 Å². The molecule has 0 fully saturated rings. The molecule has 0 spiro atoms. The van der Waals surface area contributed by atoms with Crippen LogP contribution in [0.25, 0.3) is 0 Å². The number of benzene rings is 1. The first kappa shape index (κ1) is 11.2. The smallest absolute Gasteiger partial charge is 0.150 e. The van der Waals surface area contributed by atoms with Crippen molar-refractivity contribution in [1.82, 2.24) is 0 Å². The third kappa shape index (κ3) is 2.82. The van der Waals surface area contributed by atoms with Crippen molar-refractivity contribution >= 4 is 21.7 Å². The van der Waals surface area contributed by atoms with Gasteiger partial charge in [0, 0.05) is 6.42 Å². The number of carbonyl (C=O) groups excluding carboxylic acids is 1. The van der Waals surface area contributed by atoms with Gasteiger partial charge in [0.2, 0.25) is 0 Å². The molecule has 0 aromatic heterocycles. The van der Waals surface area contributed by atoms with Gasteiger partial charge in [-0.15, -0.1) is 0 Å². The van der Waals surface area contributed by atoms with E-state index in [4.69, 9.17) is 10.5 Å². The highest BCUT2D eigenvalue weighted by Gasteiger charge is 2.04. The Kier molecular flexibility index (Phi) is 4.10. The van der Waals surface area contributed by atoms with E-state index in [0.717, 1.165) is 15.8 Å². The zero-order valence-electron chi connectivity index (χ0n) is 7.92. The van der Waals surface area contributed by atoms with Gasteiger partial charge in [-0.3, -0.25) is 4.79 Å². The lowest BCUT2D eigenvalue weighted by atomic mass is 10.1. The first-order valence-electron chi connectivity index (χ1n) is 4.21. The molecule has 76 valence electrons. The second-order valence-electron chi connectivity index (χ2n) is 2.89. The summed E-state index contributed by atoms with van der Waals surface area (Å²) >= 11 is 3.35. The third-order valence-corrected chi connectivity index (χ3v) is 2.46. The van der Waals surface area contributed by atoms with Gasteiger partial charge in [-0.1, -0.05) is 6.07 Å². The van der Waals surface area contributed by atoms with E-state index in [9.17, 15) is 4.79 Å². The Labute approximate surface area is 91.4 Å². The van der Waals surface area contributed by atoms with Gasteiger partial charge in [-0.2, -0.15) is 0 Å². The molecular formula is C10H12BrNO2. The summed E-state index contributed by atoms with van der Waals surface area (Å²) < 4.78 is 5.92. The van der Waals surface area contributed by atoms with Gasteiger partial charge in [-0.05, 0) is 33.6 Å². The van der Waals surface area contributed by atoms with Crippen LogP contribution < -0.4 is 10.5 Å². The second-order valence-corrected chi connectivity index (χ2v) is 3.74. The van der Waals surface area contributed by atoms with Crippen LogP contribution in [0, 0.1) is 0 Å². The Morgan fingerprint density at radius 3 is 2.79 bits per heavy atom. The maximum atomic E-state index is 11.1. The molecular weight excluding hydrogens is 246 g/mol. The first-order valence-corrected chi connectivity index (χ1v) is 5.01. The Hall–Kier alpha value is -0.870. The fraction of sp³-hybridized carbons (Fsp3) is 0.300. The van der Waals surface area contributed by atoms with E-state index in [2.05, 4.69) is 15.9 Å². The molecule has 1 aromatic rings. The van der Waals surface area contributed by atoms with E-state index in [0.29, 0.717) is 6.42 Å². The molecule has 0 saturated carbocycles. The predicted octanol–water partition coefficient (Wildman–Crippen LogP) is 1.53. The molecule has 1 rings (SSSR count). The summed E-state index contributed by atoms with van der Waals surface area (Å²) in [6.45, 7) is 0.0870. The predicted molar refractivity (Wildman–Crippen MR) is 58.5 cm³/mol. The molecule has 0 heterocycles. The summed E-state index contributed by atoms with van der Waals surface area (Å²) in [5.41, 5.74) is 6.17. The molecule has 0 aliphatic carbocycles. The number of ether oxygens (including phenoxy) is 1. The number of Topliss-reactive ketones (excluding diaryl/α,β-unsaturated/α-hetero) is 1. The number of rotatable bonds is 4. The van der Waals surface area contributed by atoms with Gasteiger partial charge in [0.25, 0.3) is 0 Å². The average molecular weight is 258 g/mol. The largest absolute Gasteiger partial charge is 0.496 e. The lowest BCUT2D eigenvalue weighted by Crippen LogP contribution is -2.15. The number of carbonyl (C=O) groups is 1. The van der Waals surface area contributed by atoms with Crippen LogP contribution in [0.1, 0.15) is 5.56 Å². The Bertz CT molecular complexity index is 339. The number of halogens is 1. The van der Waals surface area contributed by atoms with Crippen LogP contribution in [-0.4, -0.2) is 19.4 Å². The van der Waals surface area contributed by atoms with Crippen molar-refractivity contribution in [2.75, 3.05) is 13.7 Å². The van der Waals surface area contributed by atoms with Crippen molar-refractivity contribution in [1.29, 1.82) is 0 Å². The summed E-state index contributed by atoms with van der Waals surface area (Å²) in [6, 6.07) is 5.55. The van der Waals surface area contributed by atoms with E-state index in [1.165, 1.54) is 0 Å². The van der Waals surface area contributed by atoms with Crippen LogP contribution in [-0.2, 0) is 11.2 Å². The standard InChI is InChI=1S/C10H12BrNO2/c1-14-10-3-2-7(5-9(10)11)4-8(13)6-12/h2-3,5H,4,6,12H2,1H3. The molecule has 0 aliphatic rings. The van der Waals surface area contributed by atoms with Gasteiger partial charge in [0.15, 0.2) is 5.78 Å². The molecule has 0 amide bonds. The van der Waals surface area contributed by atoms with Gasteiger partial charge in [-0.25, -0.2) is 0 Å². The molecule has 0 radical (unpaired) electrons. The summed E-state index contributed by atoms with van der Waals surface area (Å²) in [6.07, 6.45) is 0.374. The third-order valence-electron chi connectivity index (χ3n) is 1.85. The fourth-order valence-electron chi connectivity index (χ4n) is 1.12. The molecule has 0 unspecified atom stereocenters. The van der Waals surface area contributed by atoms with E-state index < -0.39 is 0 Å². The fourth-order valence-corrected chi connectivity index (χ4v) is 1.71. The van der Waals surface area contributed by atoms with Crippen LogP contribution >= 0.6 is 15.9 Å². The minimum absolute atomic E-state index is 0.0297. The van der Waals surface area contributed by atoms with E-state index >= 15 is 0 Å². The molecule has 4 heteroatoms. The van der Waals surface area contributed by atoms with Gasteiger partial charge >= 0.3 is 0 Å². The van der Waals surface area contributed by atoms with Crippen LogP contribution in [0.15, 0.2) is 22.7 Å². The molecule has 14 heavy (non-hydrogen) atoms. The lowest BCUT2D eigenvalue weighted by Gasteiger charge is -2.05. The van der Waals surface area contributed by atoms with E-state index in [1.807, 2.05) is 18.2 Å². The molecule has 0 aliphatic heterocycles. The van der Waals surface area contributed by atoms with Crippen LogP contribution in [0.3, 0.4) is 0 Å². The highest BCUT2D eigenvalue weighted by Crippen LogP contribution is 2.25. The summed E-state index contributed by atoms with van der Waals surface area (Å²) in [7, 11) is 1.60. The second kappa shape index (κ2) is 5.12. The van der Waals surface area contributed by atoms with Gasteiger partial charge in [0.1, 0.15) is 5.75 Å². The van der Waals surface area contributed by atoms with Crippen LogP contribution in [0.2, 0.25) is 0 Å². The minimum atomic E-state index is 0.0297. The number of hydrogen-bond donors (Lipinski definition) is 1. The highest BCUT2D eigenvalue weighted by atomic mass is 79.9. The summed E-state index contributed by atoms with van der Waals surface area (Å²) in [5.74, 6) is 0.788. The van der Waals surface area contributed by atoms with Crippen LogP contribution in [0.5, 0.6) is 5.75 Å². The quantitative estimate of drug-likeness (QED) is 0.890. The molecule has 0 saturated heterocycles. The lowest BCUT2D eigenvalue weighted by molar-refractivity contribution is -0.117. The van der Waals surface area contributed by atoms with Crippen molar-refractivity contribution in [2.45, 2.75) is 6.42 Å². The number of methoxy groups -OCH3 is 1. The van der Waals surface area contributed by atoms with Crippen molar-refractivity contribution in [3.05, 3.63) is 28.2 Å². The SMILES string of the molecule is COc1ccc(CC(=O)CN)cc1Br. The van der Waals surface area contributed by atoms with Crippen molar-refractivity contribution in [3.63, 3.8) is 0 Å². The molecule has 1 aromatic carbocycles. The normalized spacial score (nSPS) is 9.93. The molecule has 0 bridgehead atoms. The number of nitrogens with two attached hydrogens (primary N) is 1. The summed E-state index contributed by atoms with van der Waals surface area (Å²) in [5, 5.41) is 0. The van der Waals surface area contributed by atoms with Crippen LogP contribution in [0.4, 0.5) is 0 Å². The Balaban J connectivity index is 2.81. The number of hydrogen-bond acceptors (Lipinski definition) is 3. The topological polar surface area (TPSA) is 52.3 Å². The Morgan fingerprint density at radius 2 is 2.29 bits per heavy atom. The van der Waals surface area contributed by atoms with E-state index in [1.54, 1.807) is 7.11 Å². The zero-order chi connectivity index (χ0) is 10.6. The highest BCUT2D eigenvalue weighted by molar-refractivity contribution is 9.10. The minimum Gasteiger partial charge on any atom is -0.496 e. The molecule has 2 N–H and O–H groups in total. The molecule has 3 nitrogen and oxygen atoms in total. The Morgan fingerprint density at radius 1 is 1.57 bits per heavy atom. The maximum absolute atomic E-state index is 11.1. The zero-order valence-corrected chi connectivity index (χ0v) is 9.50. The van der Waals surface area contributed by atoms with Gasteiger partial charge < -0.3 is 10.5 Å².